The van der Waals surface area contributed by atoms with Crippen molar-refractivity contribution in [2.75, 3.05) is 11.6 Å². The Morgan fingerprint density at radius 2 is 2.24 bits per heavy atom. The van der Waals surface area contributed by atoms with Crippen LogP contribution in [0.5, 0.6) is 5.75 Å². The summed E-state index contributed by atoms with van der Waals surface area (Å²) in [7, 11) is 0. The van der Waals surface area contributed by atoms with Gasteiger partial charge in [0.2, 0.25) is 0 Å². The summed E-state index contributed by atoms with van der Waals surface area (Å²) in [6, 6.07) is 4.82. The summed E-state index contributed by atoms with van der Waals surface area (Å²) in [6.45, 7) is -2.86. The minimum Gasteiger partial charge on any atom is -0.434 e. The Kier molecular flexibility index (Phi) is 5.91. The Labute approximate surface area is 111 Å². The van der Waals surface area contributed by atoms with Crippen molar-refractivity contribution in [3.8, 4) is 5.75 Å². The number of alkyl halides is 3. The van der Waals surface area contributed by atoms with Crippen LogP contribution in [0.3, 0.4) is 0 Å². The maximum atomic E-state index is 12.2. The van der Waals surface area contributed by atoms with Crippen LogP contribution in [0.25, 0.3) is 0 Å². The van der Waals surface area contributed by atoms with Gasteiger partial charge in [-0.15, -0.1) is 11.8 Å². The SMILES string of the molecule is CSc1c(CC(=O)CBr)cccc1OC(F)F. The van der Waals surface area contributed by atoms with Gasteiger partial charge in [-0.05, 0) is 17.9 Å². The molecule has 94 valence electrons. The fourth-order valence-electron chi connectivity index (χ4n) is 1.38. The van der Waals surface area contributed by atoms with Crippen molar-refractivity contribution >= 4 is 33.5 Å². The molecule has 1 aromatic rings. The van der Waals surface area contributed by atoms with E-state index in [0.717, 1.165) is 0 Å². The number of ether oxygens (including phenoxy) is 1. The van der Waals surface area contributed by atoms with Gasteiger partial charge in [-0.3, -0.25) is 4.79 Å². The van der Waals surface area contributed by atoms with Crippen molar-refractivity contribution in [1.82, 2.24) is 0 Å². The first-order valence-corrected chi connectivity index (χ1v) is 7.11. The molecule has 0 saturated heterocycles. The molecule has 0 aliphatic rings. The summed E-state index contributed by atoms with van der Waals surface area (Å²) >= 11 is 4.36. The molecule has 1 rings (SSSR count). The first kappa shape index (κ1) is 14.4. The Hall–Kier alpha value is -0.620. The van der Waals surface area contributed by atoms with E-state index >= 15 is 0 Å². The monoisotopic (exact) mass is 324 g/mol. The number of ketones is 1. The zero-order valence-corrected chi connectivity index (χ0v) is 11.5. The smallest absolute Gasteiger partial charge is 0.387 e. The van der Waals surface area contributed by atoms with Crippen LogP contribution in [0.2, 0.25) is 0 Å². The number of halogens is 3. The van der Waals surface area contributed by atoms with E-state index in [0.29, 0.717) is 10.5 Å². The summed E-state index contributed by atoms with van der Waals surface area (Å²) < 4.78 is 28.8. The second-order valence-corrected chi connectivity index (χ2v) is 4.55. The van der Waals surface area contributed by atoms with Crippen molar-refractivity contribution in [3.63, 3.8) is 0 Å². The average Bonchev–Trinajstić information content (AvgIpc) is 2.28. The molecular formula is C11H11BrF2O2S. The molecule has 0 amide bonds. The number of Topliss-reactive ketones (excluding diaryl/α,β-unsaturated/α-hetero) is 1. The van der Waals surface area contributed by atoms with Crippen LogP contribution in [-0.4, -0.2) is 24.0 Å². The normalized spacial score (nSPS) is 10.6. The lowest BCUT2D eigenvalue weighted by molar-refractivity contribution is -0.115. The van der Waals surface area contributed by atoms with E-state index in [2.05, 4.69) is 20.7 Å². The van der Waals surface area contributed by atoms with E-state index in [1.807, 2.05) is 0 Å². The maximum Gasteiger partial charge on any atom is 0.387 e. The predicted molar refractivity (Wildman–Crippen MR) is 67.4 cm³/mol. The Bertz CT molecular complexity index is 399. The van der Waals surface area contributed by atoms with Gasteiger partial charge in [-0.1, -0.05) is 28.1 Å². The van der Waals surface area contributed by atoms with E-state index in [1.165, 1.54) is 17.8 Å². The topological polar surface area (TPSA) is 26.3 Å². The molecule has 0 aromatic heterocycles. The Balaban J connectivity index is 3.00. The van der Waals surface area contributed by atoms with Crippen LogP contribution in [-0.2, 0) is 11.2 Å². The lowest BCUT2D eigenvalue weighted by Crippen LogP contribution is -2.07. The van der Waals surface area contributed by atoms with Crippen LogP contribution in [0.1, 0.15) is 5.56 Å². The molecule has 0 fully saturated rings. The van der Waals surface area contributed by atoms with Gasteiger partial charge in [0, 0.05) is 6.42 Å². The van der Waals surface area contributed by atoms with Crippen LogP contribution < -0.4 is 4.74 Å². The van der Waals surface area contributed by atoms with E-state index in [1.54, 1.807) is 18.4 Å². The quantitative estimate of drug-likeness (QED) is 0.591. The van der Waals surface area contributed by atoms with Crippen molar-refractivity contribution in [1.29, 1.82) is 0 Å². The summed E-state index contributed by atoms with van der Waals surface area (Å²) in [5.41, 5.74) is 0.708. The molecule has 0 atom stereocenters. The summed E-state index contributed by atoms with van der Waals surface area (Å²) in [6.07, 6.45) is 1.97. The predicted octanol–water partition coefficient (Wildman–Crippen LogP) is 3.52. The average molecular weight is 325 g/mol. The van der Waals surface area contributed by atoms with Crippen molar-refractivity contribution < 1.29 is 18.3 Å². The van der Waals surface area contributed by atoms with Gasteiger partial charge in [0.1, 0.15) is 11.5 Å². The van der Waals surface area contributed by atoms with Crippen molar-refractivity contribution in [2.45, 2.75) is 17.9 Å². The summed E-state index contributed by atoms with van der Waals surface area (Å²) in [4.78, 5) is 11.9. The molecule has 0 radical (unpaired) electrons. The molecule has 0 saturated carbocycles. The molecular weight excluding hydrogens is 314 g/mol. The van der Waals surface area contributed by atoms with Gasteiger partial charge < -0.3 is 4.74 Å². The molecule has 1 aromatic carbocycles. The molecule has 0 bridgehead atoms. The number of hydrogen-bond acceptors (Lipinski definition) is 3. The second-order valence-electron chi connectivity index (χ2n) is 3.18. The van der Waals surface area contributed by atoms with Crippen molar-refractivity contribution in [3.05, 3.63) is 23.8 Å². The third kappa shape index (κ3) is 4.27. The van der Waals surface area contributed by atoms with Crippen LogP contribution in [0.15, 0.2) is 23.1 Å². The van der Waals surface area contributed by atoms with Gasteiger partial charge >= 0.3 is 6.61 Å². The molecule has 0 heterocycles. The standard InChI is InChI=1S/C11H11BrF2O2S/c1-17-10-7(5-8(15)6-12)3-2-4-9(10)16-11(13)14/h2-4,11H,5-6H2,1H3. The van der Waals surface area contributed by atoms with Gasteiger partial charge in [0.15, 0.2) is 0 Å². The maximum absolute atomic E-state index is 12.2. The zero-order chi connectivity index (χ0) is 12.8. The molecule has 0 aliphatic heterocycles. The third-order valence-electron chi connectivity index (χ3n) is 2.02. The van der Waals surface area contributed by atoms with Crippen LogP contribution in [0.4, 0.5) is 8.78 Å². The minimum absolute atomic E-state index is 0.00510. The Morgan fingerprint density at radius 1 is 1.53 bits per heavy atom. The number of thioether (sulfide) groups is 1. The largest absolute Gasteiger partial charge is 0.434 e. The number of carbonyl (C=O) groups is 1. The van der Waals surface area contributed by atoms with Crippen molar-refractivity contribution in [2.24, 2.45) is 0 Å². The zero-order valence-electron chi connectivity index (χ0n) is 9.08. The fraction of sp³-hybridized carbons (Fsp3) is 0.364. The number of carbonyl (C=O) groups excluding carboxylic acids is 1. The fourth-order valence-corrected chi connectivity index (χ4v) is 2.30. The van der Waals surface area contributed by atoms with Crippen LogP contribution in [0, 0.1) is 0 Å². The highest BCUT2D eigenvalue weighted by molar-refractivity contribution is 9.09. The van der Waals surface area contributed by atoms with E-state index in [-0.39, 0.29) is 23.3 Å². The Morgan fingerprint density at radius 3 is 2.76 bits per heavy atom. The third-order valence-corrected chi connectivity index (χ3v) is 3.51. The molecule has 2 nitrogen and oxygen atoms in total. The van der Waals surface area contributed by atoms with E-state index in [4.69, 9.17) is 0 Å². The molecule has 0 unspecified atom stereocenters. The molecule has 17 heavy (non-hydrogen) atoms. The van der Waals surface area contributed by atoms with Gasteiger partial charge in [-0.2, -0.15) is 8.78 Å². The number of benzene rings is 1. The van der Waals surface area contributed by atoms with Gasteiger partial charge in [0.25, 0.3) is 0 Å². The molecule has 6 heteroatoms. The van der Waals surface area contributed by atoms with Gasteiger partial charge in [0.05, 0.1) is 10.2 Å². The highest BCUT2D eigenvalue weighted by Crippen LogP contribution is 2.32. The summed E-state index contributed by atoms with van der Waals surface area (Å²) in [5.74, 6) is 0.113. The second kappa shape index (κ2) is 6.96. The van der Waals surface area contributed by atoms with Gasteiger partial charge in [-0.25, -0.2) is 0 Å². The molecule has 0 aliphatic carbocycles. The highest BCUT2D eigenvalue weighted by atomic mass is 79.9. The minimum atomic E-state index is -2.86. The lowest BCUT2D eigenvalue weighted by atomic mass is 10.1. The molecule has 0 N–H and O–H groups in total. The van der Waals surface area contributed by atoms with E-state index < -0.39 is 6.61 Å². The van der Waals surface area contributed by atoms with E-state index in [9.17, 15) is 13.6 Å². The first-order valence-electron chi connectivity index (χ1n) is 4.76. The number of rotatable bonds is 6. The summed E-state index contributed by atoms with van der Waals surface area (Å²) in [5, 5.41) is 0.251. The highest BCUT2D eigenvalue weighted by Gasteiger charge is 2.14. The van der Waals surface area contributed by atoms with Crippen LogP contribution >= 0.6 is 27.7 Å². The number of hydrogen-bond donors (Lipinski definition) is 0. The molecule has 0 spiro atoms. The lowest BCUT2D eigenvalue weighted by Gasteiger charge is -2.12. The first-order chi connectivity index (χ1) is 8.08.